The lowest BCUT2D eigenvalue weighted by atomic mass is 9.88. The molecule has 4 heteroatoms. The number of ether oxygens (including phenoxy) is 3. The molecule has 0 N–H and O–H groups in total. The van der Waals surface area contributed by atoms with E-state index in [1.54, 1.807) is 0 Å². The fourth-order valence-corrected chi connectivity index (χ4v) is 2.45. The van der Waals surface area contributed by atoms with Crippen LogP contribution >= 0.6 is 0 Å². The Hall–Kier alpha value is -0.610. The summed E-state index contributed by atoms with van der Waals surface area (Å²) >= 11 is 0. The molecule has 2 heterocycles. The van der Waals surface area contributed by atoms with E-state index in [0.29, 0.717) is 13.0 Å². The van der Waals surface area contributed by atoms with Crippen LogP contribution in [0.4, 0.5) is 0 Å². The first-order valence-corrected chi connectivity index (χ1v) is 5.00. The van der Waals surface area contributed by atoms with E-state index in [0.717, 1.165) is 6.42 Å². The lowest BCUT2D eigenvalue weighted by Gasteiger charge is -2.10. The molecule has 0 amide bonds. The van der Waals surface area contributed by atoms with E-state index in [9.17, 15) is 4.79 Å². The van der Waals surface area contributed by atoms with Gasteiger partial charge in [0.05, 0.1) is 19.8 Å². The first-order valence-electron chi connectivity index (χ1n) is 5.00. The number of methoxy groups -OCH3 is 1. The standard InChI is InChI=1S/C10H16O4/c1-4-10(8(11)12-3)9(14-10)5-7(2)13-6-9/h7H,4-6H2,1-3H3. The highest BCUT2D eigenvalue weighted by Crippen LogP contribution is 2.57. The van der Waals surface area contributed by atoms with E-state index in [-0.39, 0.29) is 12.1 Å². The lowest BCUT2D eigenvalue weighted by molar-refractivity contribution is -0.147. The molecule has 2 rings (SSSR count). The summed E-state index contributed by atoms with van der Waals surface area (Å²) in [5.74, 6) is -0.266. The van der Waals surface area contributed by atoms with Gasteiger partial charge in [-0.2, -0.15) is 0 Å². The number of esters is 1. The second-order valence-corrected chi connectivity index (χ2v) is 4.09. The average molecular weight is 200 g/mol. The van der Waals surface area contributed by atoms with Gasteiger partial charge in [-0.15, -0.1) is 0 Å². The molecule has 0 aromatic rings. The average Bonchev–Trinajstić information content (AvgIpc) is 2.67. The van der Waals surface area contributed by atoms with Gasteiger partial charge < -0.3 is 14.2 Å². The summed E-state index contributed by atoms with van der Waals surface area (Å²) in [4.78, 5) is 11.6. The van der Waals surface area contributed by atoms with E-state index < -0.39 is 11.2 Å². The molecule has 0 aliphatic carbocycles. The van der Waals surface area contributed by atoms with Crippen LogP contribution in [0.15, 0.2) is 0 Å². The Morgan fingerprint density at radius 3 is 2.79 bits per heavy atom. The first kappa shape index (κ1) is 9.93. The van der Waals surface area contributed by atoms with Gasteiger partial charge in [0.1, 0.15) is 5.60 Å². The fraction of sp³-hybridized carbons (Fsp3) is 0.900. The molecular weight excluding hydrogens is 184 g/mol. The normalized spacial score (nSPS) is 45.5. The smallest absolute Gasteiger partial charge is 0.341 e. The second-order valence-electron chi connectivity index (χ2n) is 4.09. The SMILES string of the molecule is CCC1(C(=O)OC)OC12COC(C)C2. The van der Waals surface area contributed by atoms with Gasteiger partial charge >= 0.3 is 5.97 Å². The van der Waals surface area contributed by atoms with Crippen LogP contribution in [-0.2, 0) is 19.0 Å². The maximum Gasteiger partial charge on any atom is 0.341 e. The van der Waals surface area contributed by atoms with E-state index in [4.69, 9.17) is 14.2 Å². The Morgan fingerprint density at radius 2 is 2.36 bits per heavy atom. The third-order valence-electron chi connectivity index (χ3n) is 3.30. The molecule has 0 aromatic heterocycles. The van der Waals surface area contributed by atoms with Crippen LogP contribution in [0.2, 0.25) is 0 Å². The van der Waals surface area contributed by atoms with Crippen LogP contribution in [0.25, 0.3) is 0 Å². The van der Waals surface area contributed by atoms with Gasteiger partial charge in [0, 0.05) is 6.42 Å². The molecular formula is C10H16O4. The Labute approximate surface area is 83.5 Å². The van der Waals surface area contributed by atoms with Gasteiger partial charge in [0.15, 0.2) is 5.60 Å². The highest BCUT2D eigenvalue weighted by molar-refractivity contribution is 5.85. The van der Waals surface area contributed by atoms with Crippen molar-refractivity contribution in [3.8, 4) is 0 Å². The van der Waals surface area contributed by atoms with E-state index in [1.165, 1.54) is 7.11 Å². The number of epoxide rings is 1. The van der Waals surface area contributed by atoms with Crippen molar-refractivity contribution >= 4 is 5.97 Å². The molecule has 2 aliphatic rings. The fourth-order valence-electron chi connectivity index (χ4n) is 2.45. The van der Waals surface area contributed by atoms with Crippen LogP contribution in [0.5, 0.6) is 0 Å². The van der Waals surface area contributed by atoms with Gasteiger partial charge in [-0.05, 0) is 13.3 Å². The number of hydrogen-bond acceptors (Lipinski definition) is 4. The molecule has 2 fully saturated rings. The largest absolute Gasteiger partial charge is 0.467 e. The third kappa shape index (κ3) is 1.04. The molecule has 0 bridgehead atoms. The van der Waals surface area contributed by atoms with Crippen molar-refractivity contribution in [3.05, 3.63) is 0 Å². The van der Waals surface area contributed by atoms with Crippen LogP contribution < -0.4 is 0 Å². The van der Waals surface area contributed by atoms with E-state index in [1.807, 2.05) is 13.8 Å². The monoisotopic (exact) mass is 200 g/mol. The Morgan fingerprint density at radius 1 is 1.64 bits per heavy atom. The van der Waals surface area contributed by atoms with Crippen molar-refractivity contribution in [3.63, 3.8) is 0 Å². The molecule has 0 aromatic carbocycles. The zero-order valence-corrected chi connectivity index (χ0v) is 8.83. The van der Waals surface area contributed by atoms with Crippen molar-refractivity contribution in [2.24, 2.45) is 0 Å². The van der Waals surface area contributed by atoms with Crippen molar-refractivity contribution < 1.29 is 19.0 Å². The summed E-state index contributed by atoms with van der Waals surface area (Å²) < 4.78 is 15.8. The predicted octanol–water partition coefficient (Wildman–Crippen LogP) is 0.886. The summed E-state index contributed by atoms with van der Waals surface area (Å²) in [5.41, 5.74) is -1.12. The van der Waals surface area contributed by atoms with Crippen molar-refractivity contribution in [2.45, 2.75) is 44.0 Å². The zero-order chi connectivity index (χ0) is 10.4. The molecule has 3 atom stereocenters. The molecule has 1 spiro atoms. The van der Waals surface area contributed by atoms with Crippen molar-refractivity contribution in [2.75, 3.05) is 13.7 Å². The Bertz CT molecular complexity index is 265. The molecule has 80 valence electrons. The minimum atomic E-state index is -0.730. The first-order chi connectivity index (χ1) is 6.60. The minimum Gasteiger partial charge on any atom is -0.467 e. The molecule has 2 saturated heterocycles. The molecule has 2 aliphatic heterocycles. The number of rotatable bonds is 2. The van der Waals surface area contributed by atoms with Gasteiger partial charge in [-0.1, -0.05) is 6.92 Å². The van der Waals surface area contributed by atoms with Crippen LogP contribution in [-0.4, -0.2) is 37.0 Å². The highest BCUT2D eigenvalue weighted by Gasteiger charge is 2.76. The predicted molar refractivity (Wildman–Crippen MR) is 48.9 cm³/mol. The Kier molecular flexibility index (Phi) is 2.08. The molecule has 3 unspecified atom stereocenters. The van der Waals surface area contributed by atoms with Gasteiger partial charge in [-0.25, -0.2) is 4.79 Å². The van der Waals surface area contributed by atoms with Crippen LogP contribution in [0.3, 0.4) is 0 Å². The van der Waals surface area contributed by atoms with Crippen LogP contribution in [0, 0.1) is 0 Å². The molecule has 0 radical (unpaired) electrons. The third-order valence-corrected chi connectivity index (χ3v) is 3.30. The molecule has 4 nitrogen and oxygen atoms in total. The molecule has 14 heavy (non-hydrogen) atoms. The summed E-state index contributed by atoms with van der Waals surface area (Å²) in [7, 11) is 1.40. The van der Waals surface area contributed by atoms with Crippen LogP contribution in [0.1, 0.15) is 26.7 Å². The van der Waals surface area contributed by atoms with Gasteiger partial charge in [0.25, 0.3) is 0 Å². The van der Waals surface area contributed by atoms with E-state index in [2.05, 4.69) is 0 Å². The van der Waals surface area contributed by atoms with Crippen molar-refractivity contribution in [1.82, 2.24) is 0 Å². The maximum atomic E-state index is 11.6. The van der Waals surface area contributed by atoms with Crippen molar-refractivity contribution in [1.29, 1.82) is 0 Å². The molecule has 0 saturated carbocycles. The summed E-state index contributed by atoms with van der Waals surface area (Å²) in [6.45, 7) is 4.44. The second kappa shape index (κ2) is 2.94. The summed E-state index contributed by atoms with van der Waals surface area (Å²) in [6, 6.07) is 0. The number of carbonyl (C=O) groups is 1. The summed E-state index contributed by atoms with van der Waals surface area (Å²) in [5, 5.41) is 0. The topological polar surface area (TPSA) is 48.1 Å². The van der Waals surface area contributed by atoms with Gasteiger partial charge in [0.2, 0.25) is 0 Å². The van der Waals surface area contributed by atoms with E-state index >= 15 is 0 Å². The number of carbonyl (C=O) groups excluding carboxylic acids is 1. The number of hydrogen-bond donors (Lipinski definition) is 0. The Balaban J connectivity index is 2.16. The lowest BCUT2D eigenvalue weighted by Crippen LogP contribution is -2.35. The zero-order valence-electron chi connectivity index (χ0n) is 8.83. The quantitative estimate of drug-likeness (QED) is 0.490. The summed E-state index contributed by atoms with van der Waals surface area (Å²) in [6.07, 6.45) is 1.61. The van der Waals surface area contributed by atoms with Gasteiger partial charge in [-0.3, -0.25) is 0 Å². The minimum absolute atomic E-state index is 0.174. The highest BCUT2D eigenvalue weighted by atomic mass is 16.7. The maximum absolute atomic E-state index is 11.6.